The Balaban J connectivity index is 1.47. The molecule has 25 heavy (non-hydrogen) atoms. The first-order valence-corrected chi connectivity index (χ1v) is 8.47. The standard InChI is InChI=1S/C18H20N6O/c1-14(24-8-4-7-20-24)18(25)23-11-9-22(10-12-23)17-16-6-3-2-5-15(16)13-19-21-17/h2-8,13-14H,9-12H2,1H3. The number of nitrogens with zero attached hydrogens (tertiary/aromatic N) is 6. The van der Waals surface area contributed by atoms with Gasteiger partial charge in [0.1, 0.15) is 6.04 Å². The first kappa shape index (κ1) is 15.6. The smallest absolute Gasteiger partial charge is 0.247 e. The van der Waals surface area contributed by atoms with Crippen LogP contribution < -0.4 is 4.90 Å². The normalized spacial score (nSPS) is 16.2. The molecule has 0 saturated carbocycles. The van der Waals surface area contributed by atoms with Gasteiger partial charge in [-0.05, 0) is 13.0 Å². The van der Waals surface area contributed by atoms with Gasteiger partial charge in [0.2, 0.25) is 5.91 Å². The number of anilines is 1. The minimum Gasteiger partial charge on any atom is -0.351 e. The van der Waals surface area contributed by atoms with Gasteiger partial charge in [-0.1, -0.05) is 24.3 Å². The van der Waals surface area contributed by atoms with Crippen molar-refractivity contribution in [3.8, 4) is 0 Å². The molecule has 4 rings (SSSR count). The molecular formula is C18H20N6O. The number of piperazine rings is 1. The maximum absolute atomic E-state index is 12.7. The van der Waals surface area contributed by atoms with Gasteiger partial charge in [0.15, 0.2) is 5.82 Å². The molecular weight excluding hydrogens is 316 g/mol. The lowest BCUT2D eigenvalue weighted by Gasteiger charge is -2.36. The van der Waals surface area contributed by atoms with Gasteiger partial charge >= 0.3 is 0 Å². The van der Waals surface area contributed by atoms with Crippen LogP contribution in [0.25, 0.3) is 10.8 Å². The maximum atomic E-state index is 12.7. The van der Waals surface area contributed by atoms with Crippen molar-refractivity contribution in [1.82, 2.24) is 24.9 Å². The van der Waals surface area contributed by atoms with Crippen LogP contribution in [-0.4, -0.2) is 57.0 Å². The van der Waals surface area contributed by atoms with Crippen LogP contribution in [0, 0.1) is 0 Å². The second-order valence-electron chi connectivity index (χ2n) is 6.23. The first-order valence-electron chi connectivity index (χ1n) is 8.47. The molecule has 1 amide bonds. The van der Waals surface area contributed by atoms with E-state index in [9.17, 15) is 4.79 Å². The van der Waals surface area contributed by atoms with Gasteiger partial charge in [-0.15, -0.1) is 5.10 Å². The second-order valence-corrected chi connectivity index (χ2v) is 6.23. The lowest BCUT2D eigenvalue weighted by Crippen LogP contribution is -2.50. The van der Waals surface area contributed by atoms with Crippen LogP contribution in [0.5, 0.6) is 0 Å². The number of benzene rings is 1. The summed E-state index contributed by atoms with van der Waals surface area (Å²) in [5.41, 5.74) is 0. The van der Waals surface area contributed by atoms with Crippen LogP contribution in [-0.2, 0) is 4.79 Å². The van der Waals surface area contributed by atoms with Crippen LogP contribution in [0.1, 0.15) is 13.0 Å². The second kappa shape index (κ2) is 6.51. The molecule has 0 spiro atoms. The largest absolute Gasteiger partial charge is 0.351 e. The summed E-state index contributed by atoms with van der Waals surface area (Å²) in [5.74, 6) is 0.998. The Labute approximate surface area is 145 Å². The quantitative estimate of drug-likeness (QED) is 0.729. The molecule has 1 aromatic carbocycles. The van der Waals surface area contributed by atoms with Crippen molar-refractivity contribution in [2.75, 3.05) is 31.1 Å². The average molecular weight is 336 g/mol. The Hall–Kier alpha value is -2.96. The summed E-state index contributed by atoms with van der Waals surface area (Å²) in [6.45, 7) is 4.74. The Bertz CT molecular complexity index is 865. The van der Waals surface area contributed by atoms with E-state index in [1.165, 1.54) is 0 Å². The predicted octanol–water partition coefficient (Wildman–Crippen LogP) is 1.74. The molecule has 1 unspecified atom stereocenters. The van der Waals surface area contributed by atoms with Gasteiger partial charge in [0.05, 0.1) is 6.20 Å². The van der Waals surface area contributed by atoms with Gasteiger partial charge in [-0.2, -0.15) is 10.2 Å². The fraction of sp³-hybridized carbons (Fsp3) is 0.333. The van der Waals surface area contributed by atoms with E-state index >= 15 is 0 Å². The van der Waals surface area contributed by atoms with Crippen molar-refractivity contribution in [3.63, 3.8) is 0 Å². The number of amides is 1. The summed E-state index contributed by atoms with van der Waals surface area (Å²) < 4.78 is 1.70. The summed E-state index contributed by atoms with van der Waals surface area (Å²) >= 11 is 0. The number of fused-ring (bicyclic) bond motifs is 1. The average Bonchev–Trinajstić information content (AvgIpc) is 3.21. The molecule has 1 aliphatic heterocycles. The fourth-order valence-corrected chi connectivity index (χ4v) is 3.27. The molecule has 0 N–H and O–H groups in total. The molecule has 1 fully saturated rings. The van der Waals surface area contributed by atoms with Crippen molar-refractivity contribution in [1.29, 1.82) is 0 Å². The molecule has 128 valence electrons. The molecule has 3 heterocycles. The number of rotatable bonds is 3. The van der Waals surface area contributed by atoms with Gasteiger partial charge in [0.25, 0.3) is 0 Å². The van der Waals surface area contributed by atoms with E-state index < -0.39 is 0 Å². The molecule has 7 nitrogen and oxygen atoms in total. The van der Waals surface area contributed by atoms with Gasteiger partial charge < -0.3 is 9.80 Å². The molecule has 2 aromatic heterocycles. The lowest BCUT2D eigenvalue weighted by atomic mass is 10.1. The van der Waals surface area contributed by atoms with E-state index in [1.807, 2.05) is 42.3 Å². The minimum absolute atomic E-state index is 0.104. The van der Waals surface area contributed by atoms with Crippen LogP contribution in [0.4, 0.5) is 5.82 Å². The molecule has 3 aromatic rings. The zero-order valence-electron chi connectivity index (χ0n) is 14.1. The SMILES string of the molecule is CC(C(=O)N1CCN(c2nncc3ccccc23)CC1)n1cccn1. The van der Waals surface area contributed by atoms with E-state index in [4.69, 9.17) is 0 Å². The predicted molar refractivity (Wildman–Crippen MR) is 95.3 cm³/mol. The zero-order chi connectivity index (χ0) is 17.2. The Morgan fingerprint density at radius 2 is 1.92 bits per heavy atom. The topological polar surface area (TPSA) is 67.2 Å². The van der Waals surface area contributed by atoms with Crippen molar-refractivity contribution in [2.24, 2.45) is 0 Å². The van der Waals surface area contributed by atoms with Crippen molar-refractivity contribution < 1.29 is 4.79 Å². The summed E-state index contributed by atoms with van der Waals surface area (Å²) in [7, 11) is 0. The molecule has 1 aliphatic rings. The highest BCUT2D eigenvalue weighted by Crippen LogP contribution is 2.24. The van der Waals surface area contributed by atoms with Crippen LogP contribution in [0.15, 0.2) is 48.9 Å². The van der Waals surface area contributed by atoms with Crippen LogP contribution in [0.3, 0.4) is 0 Å². The van der Waals surface area contributed by atoms with Crippen LogP contribution in [0.2, 0.25) is 0 Å². The van der Waals surface area contributed by atoms with E-state index in [2.05, 4.69) is 26.3 Å². The van der Waals surface area contributed by atoms with Crippen LogP contribution >= 0.6 is 0 Å². The molecule has 0 bridgehead atoms. The molecule has 1 saturated heterocycles. The first-order chi connectivity index (χ1) is 12.2. The number of hydrogen-bond donors (Lipinski definition) is 0. The highest BCUT2D eigenvalue weighted by molar-refractivity contribution is 5.91. The van der Waals surface area contributed by atoms with Crippen molar-refractivity contribution >= 4 is 22.5 Å². The highest BCUT2D eigenvalue weighted by Gasteiger charge is 2.27. The van der Waals surface area contributed by atoms with E-state index in [-0.39, 0.29) is 11.9 Å². The molecule has 0 radical (unpaired) electrons. The Kier molecular flexibility index (Phi) is 4.05. The summed E-state index contributed by atoms with van der Waals surface area (Å²) in [6, 6.07) is 9.68. The van der Waals surface area contributed by atoms with Gasteiger partial charge in [-0.3, -0.25) is 9.48 Å². The summed E-state index contributed by atoms with van der Waals surface area (Å²) in [5, 5.41) is 14.8. The number of hydrogen-bond acceptors (Lipinski definition) is 5. The Morgan fingerprint density at radius 1 is 1.12 bits per heavy atom. The van der Waals surface area contributed by atoms with Crippen molar-refractivity contribution in [3.05, 3.63) is 48.9 Å². The van der Waals surface area contributed by atoms with Gasteiger partial charge in [0, 0.05) is 49.3 Å². The Morgan fingerprint density at radius 3 is 2.68 bits per heavy atom. The number of aromatic nitrogens is 4. The molecule has 0 aliphatic carbocycles. The molecule has 1 atom stereocenters. The third-order valence-corrected chi connectivity index (χ3v) is 4.72. The highest BCUT2D eigenvalue weighted by atomic mass is 16.2. The maximum Gasteiger partial charge on any atom is 0.247 e. The zero-order valence-corrected chi connectivity index (χ0v) is 14.1. The van der Waals surface area contributed by atoms with E-state index in [0.717, 1.165) is 29.7 Å². The third-order valence-electron chi connectivity index (χ3n) is 4.72. The van der Waals surface area contributed by atoms with Crippen molar-refractivity contribution in [2.45, 2.75) is 13.0 Å². The third kappa shape index (κ3) is 2.93. The van der Waals surface area contributed by atoms with E-state index in [0.29, 0.717) is 13.1 Å². The monoisotopic (exact) mass is 336 g/mol. The number of carbonyl (C=O) groups is 1. The molecule has 7 heteroatoms. The lowest BCUT2D eigenvalue weighted by molar-refractivity contribution is -0.134. The number of carbonyl (C=O) groups excluding carboxylic acids is 1. The fourth-order valence-electron chi connectivity index (χ4n) is 3.27. The van der Waals surface area contributed by atoms with Gasteiger partial charge in [-0.25, -0.2) is 0 Å². The summed E-state index contributed by atoms with van der Waals surface area (Å²) in [4.78, 5) is 16.8. The minimum atomic E-state index is -0.279. The summed E-state index contributed by atoms with van der Waals surface area (Å²) in [6.07, 6.45) is 5.30. The van der Waals surface area contributed by atoms with E-state index in [1.54, 1.807) is 17.1 Å².